The second-order valence-corrected chi connectivity index (χ2v) is 2.95. The van der Waals surface area contributed by atoms with Gasteiger partial charge in [-0.2, -0.15) is 0 Å². The summed E-state index contributed by atoms with van der Waals surface area (Å²) in [6, 6.07) is 5.13. The van der Waals surface area contributed by atoms with Crippen molar-refractivity contribution in [3.05, 3.63) is 41.4 Å². The Hall–Kier alpha value is -0.990. The second-order valence-electron chi connectivity index (χ2n) is 2.51. The van der Waals surface area contributed by atoms with Crippen molar-refractivity contribution < 1.29 is 9.84 Å². The lowest BCUT2D eigenvalue weighted by Gasteiger charge is -2.08. The van der Waals surface area contributed by atoms with Gasteiger partial charge < -0.3 is 9.84 Å². The molecular formula is C10H11ClO2. The van der Waals surface area contributed by atoms with Gasteiger partial charge in [0.15, 0.2) is 0 Å². The van der Waals surface area contributed by atoms with Crippen LogP contribution in [0.1, 0.15) is 5.56 Å². The molecule has 0 atom stereocenters. The summed E-state index contributed by atoms with van der Waals surface area (Å²) in [7, 11) is 0. The minimum absolute atomic E-state index is 0.0519. The molecule has 0 fully saturated rings. The van der Waals surface area contributed by atoms with Gasteiger partial charge in [-0.25, -0.2) is 0 Å². The third-order valence-corrected chi connectivity index (χ3v) is 1.79. The molecule has 0 aromatic heterocycles. The van der Waals surface area contributed by atoms with Crippen LogP contribution in [0.2, 0.25) is 5.02 Å². The lowest BCUT2D eigenvalue weighted by atomic mass is 10.2. The first-order chi connectivity index (χ1) is 6.27. The lowest BCUT2D eigenvalue weighted by Crippen LogP contribution is -1.97. The molecule has 2 nitrogen and oxygen atoms in total. The SMILES string of the molecule is C=CCOc1cc(Cl)ccc1CO. The Balaban J connectivity index is 2.87. The van der Waals surface area contributed by atoms with E-state index in [2.05, 4.69) is 6.58 Å². The average molecular weight is 199 g/mol. The zero-order chi connectivity index (χ0) is 9.68. The highest BCUT2D eigenvalue weighted by molar-refractivity contribution is 6.30. The van der Waals surface area contributed by atoms with E-state index in [1.165, 1.54) is 0 Å². The topological polar surface area (TPSA) is 29.5 Å². The fourth-order valence-electron chi connectivity index (χ4n) is 0.942. The van der Waals surface area contributed by atoms with E-state index < -0.39 is 0 Å². The molecule has 0 aliphatic rings. The van der Waals surface area contributed by atoms with Crippen LogP contribution in [0.4, 0.5) is 0 Å². The van der Waals surface area contributed by atoms with Crippen molar-refractivity contribution in [1.29, 1.82) is 0 Å². The molecule has 0 unspecified atom stereocenters. The van der Waals surface area contributed by atoms with E-state index in [4.69, 9.17) is 21.4 Å². The summed E-state index contributed by atoms with van der Waals surface area (Å²) in [6.07, 6.45) is 1.64. The summed E-state index contributed by atoms with van der Waals surface area (Å²) < 4.78 is 5.30. The van der Waals surface area contributed by atoms with Crippen LogP contribution in [0, 0.1) is 0 Å². The van der Waals surface area contributed by atoms with E-state index in [1.807, 2.05) is 0 Å². The third-order valence-electron chi connectivity index (χ3n) is 1.56. The van der Waals surface area contributed by atoms with Gasteiger partial charge in [-0.3, -0.25) is 0 Å². The van der Waals surface area contributed by atoms with E-state index >= 15 is 0 Å². The Labute approximate surface area is 82.4 Å². The predicted octanol–water partition coefficient (Wildman–Crippen LogP) is 2.40. The number of hydrogen-bond acceptors (Lipinski definition) is 2. The molecule has 0 aliphatic heterocycles. The van der Waals surface area contributed by atoms with Gasteiger partial charge in [0.2, 0.25) is 0 Å². The summed E-state index contributed by atoms with van der Waals surface area (Å²) in [5.74, 6) is 0.606. The Morgan fingerprint density at radius 2 is 2.31 bits per heavy atom. The van der Waals surface area contributed by atoms with Gasteiger partial charge in [-0.1, -0.05) is 30.3 Å². The quantitative estimate of drug-likeness (QED) is 0.753. The molecule has 0 heterocycles. The number of rotatable bonds is 4. The van der Waals surface area contributed by atoms with Crippen molar-refractivity contribution in [2.45, 2.75) is 6.61 Å². The molecule has 0 spiro atoms. The minimum atomic E-state index is -0.0519. The number of aliphatic hydroxyl groups excluding tert-OH is 1. The molecule has 13 heavy (non-hydrogen) atoms. The molecule has 1 aromatic rings. The smallest absolute Gasteiger partial charge is 0.126 e. The number of benzene rings is 1. The van der Waals surface area contributed by atoms with Gasteiger partial charge >= 0.3 is 0 Å². The van der Waals surface area contributed by atoms with Crippen LogP contribution in [-0.2, 0) is 6.61 Å². The number of hydrogen-bond donors (Lipinski definition) is 1. The van der Waals surface area contributed by atoms with Crippen LogP contribution in [0.5, 0.6) is 5.75 Å². The minimum Gasteiger partial charge on any atom is -0.489 e. The Bertz CT molecular complexity index is 297. The zero-order valence-corrected chi connectivity index (χ0v) is 7.92. The number of aliphatic hydroxyl groups is 1. The van der Waals surface area contributed by atoms with Crippen LogP contribution in [-0.4, -0.2) is 11.7 Å². The van der Waals surface area contributed by atoms with Gasteiger partial charge in [0.05, 0.1) is 6.61 Å². The maximum Gasteiger partial charge on any atom is 0.126 e. The van der Waals surface area contributed by atoms with Crippen LogP contribution >= 0.6 is 11.6 Å². The largest absolute Gasteiger partial charge is 0.489 e. The monoisotopic (exact) mass is 198 g/mol. The van der Waals surface area contributed by atoms with Crippen molar-refractivity contribution in [2.24, 2.45) is 0 Å². The van der Waals surface area contributed by atoms with E-state index in [0.29, 0.717) is 17.4 Å². The van der Waals surface area contributed by atoms with Crippen molar-refractivity contribution in [3.63, 3.8) is 0 Å². The normalized spacial score (nSPS) is 9.69. The molecular weight excluding hydrogens is 188 g/mol. The van der Waals surface area contributed by atoms with Crippen molar-refractivity contribution >= 4 is 11.6 Å². The van der Waals surface area contributed by atoms with E-state index in [1.54, 1.807) is 24.3 Å². The summed E-state index contributed by atoms with van der Waals surface area (Å²) in [5, 5.41) is 9.55. The van der Waals surface area contributed by atoms with Gasteiger partial charge in [0.1, 0.15) is 12.4 Å². The maximum absolute atomic E-state index is 8.96. The first kappa shape index (κ1) is 10.1. The van der Waals surface area contributed by atoms with Crippen molar-refractivity contribution in [1.82, 2.24) is 0 Å². The highest BCUT2D eigenvalue weighted by atomic mass is 35.5. The summed E-state index contributed by atoms with van der Waals surface area (Å²) in [4.78, 5) is 0. The molecule has 0 radical (unpaired) electrons. The summed E-state index contributed by atoms with van der Waals surface area (Å²) >= 11 is 5.77. The highest BCUT2D eigenvalue weighted by Crippen LogP contribution is 2.23. The lowest BCUT2D eigenvalue weighted by molar-refractivity contribution is 0.270. The first-order valence-corrected chi connectivity index (χ1v) is 4.28. The molecule has 0 amide bonds. The standard InChI is InChI=1S/C10H11ClO2/c1-2-5-13-10-6-9(11)4-3-8(10)7-12/h2-4,6,12H,1,5,7H2. The van der Waals surface area contributed by atoms with Crippen LogP contribution in [0.25, 0.3) is 0 Å². The molecule has 70 valence electrons. The molecule has 3 heteroatoms. The molecule has 0 saturated heterocycles. The van der Waals surface area contributed by atoms with E-state index in [9.17, 15) is 0 Å². The molecule has 0 bridgehead atoms. The van der Waals surface area contributed by atoms with E-state index in [-0.39, 0.29) is 6.61 Å². The Morgan fingerprint density at radius 1 is 1.54 bits per heavy atom. The van der Waals surface area contributed by atoms with Crippen LogP contribution in [0.15, 0.2) is 30.9 Å². The van der Waals surface area contributed by atoms with Crippen LogP contribution in [0.3, 0.4) is 0 Å². The number of halogens is 1. The van der Waals surface area contributed by atoms with Gasteiger partial charge in [0.25, 0.3) is 0 Å². The predicted molar refractivity (Wildman–Crippen MR) is 53.1 cm³/mol. The van der Waals surface area contributed by atoms with Gasteiger partial charge in [-0.05, 0) is 12.1 Å². The summed E-state index contributed by atoms with van der Waals surface area (Å²) in [6.45, 7) is 3.89. The second kappa shape index (κ2) is 4.90. The fraction of sp³-hybridized carbons (Fsp3) is 0.200. The number of ether oxygens (including phenoxy) is 1. The zero-order valence-electron chi connectivity index (χ0n) is 7.16. The Kier molecular flexibility index (Phi) is 3.80. The molecule has 0 saturated carbocycles. The Morgan fingerprint density at radius 3 is 2.92 bits per heavy atom. The molecule has 1 N–H and O–H groups in total. The maximum atomic E-state index is 8.96. The molecule has 1 rings (SSSR count). The highest BCUT2D eigenvalue weighted by Gasteiger charge is 2.02. The van der Waals surface area contributed by atoms with Gasteiger partial charge in [-0.15, -0.1) is 0 Å². The third kappa shape index (κ3) is 2.76. The molecule has 0 aliphatic carbocycles. The van der Waals surface area contributed by atoms with Crippen LogP contribution < -0.4 is 4.74 Å². The van der Waals surface area contributed by atoms with Crippen molar-refractivity contribution in [3.8, 4) is 5.75 Å². The first-order valence-electron chi connectivity index (χ1n) is 3.91. The van der Waals surface area contributed by atoms with Gasteiger partial charge in [0, 0.05) is 10.6 Å². The van der Waals surface area contributed by atoms with Crippen molar-refractivity contribution in [2.75, 3.05) is 6.61 Å². The van der Waals surface area contributed by atoms with E-state index in [0.717, 1.165) is 5.56 Å². The summed E-state index contributed by atoms with van der Waals surface area (Å²) in [5.41, 5.74) is 0.728. The fourth-order valence-corrected chi connectivity index (χ4v) is 1.10. The average Bonchev–Trinajstić information content (AvgIpc) is 2.15. The molecule has 1 aromatic carbocycles.